The average Bonchev–Trinajstić information content (AvgIpc) is 2.70. The molecule has 1 aromatic rings. The van der Waals surface area contributed by atoms with Crippen LogP contribution in [0.1, 0.15) is 43.4 Å². The van der Waals surface area contributed by atoms with Crippen LogP contribution in [0.15, 0.2) is 0 Å². The van der Waals surface area contributed by atoms with Gasteiger partial charge in [0.1, 0.15) is 10.8 Å². The van der Waals surface area contributed by atoms with E-state index in [0.717, 1.165) is 23.6 Å². The first-order valence-corrected chi connectivity index (χ1v) is 7.69. The molecule has 1 aliphatic rings. The van der Waals surface area contributed by atoms with Crippen molar-refractivity contribution in [3.63, 3.8) is 0 Å². The van der Waals surface area contributed by atoms with Gasteiger partial charge in [-0.1, -0.05) is 31.5 Å². The van der Waals surface area contributed by atoms with Crippen molar-refractivity contribution in [1.29, 1.82) is 0 Å². The summed E-state index contributed by atoms with van der Waals surface area (Å²) >= 11 is 5.08. The van der Waals surface area contributed by atoms with Gasteiger partial charge in [-0.05, 0) is 19.8 Å². The van der Waals surface area contributed by atoms with Crippen molar-refractivity contribution >= 4 is 23.0 Å². The SMILES string of the molecule is Cc1nn(C)c(NCCOC2CCCCC2)c1C(N)=S. The molecule has 1 fully saturated rings. The second-order valence-electron chi connectivity index (χ2n) is 5.35. The summed E-state index contributed by atoms with van der Waals surface area (Å²) in [6.07, 6.45) is 6.78. The first-order chi connectivity index (χ1) is 9.59. The molecule has 112 valence electrons. The topological polar surface area (TPSA) is 65.1 Å². The number of aromatic nitrogens is 2. The fourth-order valence-electron chi connectivity index (χ4n) is 2.78. The second kappa shape index (κ2) is 7.04. The summed E-state index contributed by atoms with van der Waals surface area (Å²) in [5.74, 6) is 0.877. The van der Waals surface area contributed by atoms with E-state index < -0.39 is 0 Å². The van der Waals surface area contributed by atoms with Crippen LogP contribution in [0.25, 0.3) is 0 Å². The summed E-state index contributed by atoms with van der Waals surface area (Å²) in [6, 6.07) is 0. The number of nitrogens with zero attached hydrogens (tertiary/aromatic N) is 2. The number of hydrogen-bond acceptors (Lipinski definition) is 4. The standard InChI is InChI=1S/C14H24N4OS/c1-10-12(13(15)20)14(18(2)17-10)16-8-9-19-11-6-4-3-5-7-11/h11,16H,3-9H2,1-2H3,(H2,15,20). The molecule has 1 aromatic heterocycles. The van der Waals surface area contributed by atoms with Gasteiger partial charge in [0, 0.05) is 13.6 Å². The van der Waals surface area contributed by atoms with Crippen molar-refractivity contribution in [2.75, 3.05) is 18.5 Å². The second-order valence-corrected chi connectivity index (χ2v) is 5.79. The number of ether oxygens (including phenoxy) is 1. The molecule has 1 saturated carbocycles. The van der Waals surface area contributed by atoms with Crippen LogP contribution >= 0.6 is 12.2 Å². The van der Waals surface area contributed by atoms with E-state index in [-0.39, 0.29) is 0 Å². The minimum absolute atomic E-state index is 0.381. The lowest BCUT2D eigenvalue weighted by atomic mass is 9.98. The summed E-state index contributed by atoms with van der Waals surface area (Å²) < 4.78 is 7.68. The first kappa shape index (κ1) is 15.3. The average molecular weight is 296 g/mol. The summed E-state index contributed by atoms with van der Waals surface area (Å²) in [6.45, 7) is 3.36. The molecule has 0 saturated heterocycles. The minimum Gasteiger partial charge on any atom is -0.389 e. The highest BCUT2D eigenvalue weighted by atomic mass is 32.1. The first-order valence-electron chi connectivity index (χ1n) is 7.28. The molecule has 3 N–H and O–H groups in total. The zero-order valence-electron chi connectivity index (χ0n) is 12.3. The van der Waals surface area contributed by atoms with Gasteiger partial charge in [-0.2, -0.15) is 5.10 Å². The van der Waals surface area contributed by atoms with Crippen molar-refractivity contribution in [2.24, 2.45) is 12.8 Å². The van der Waals surface area contributed by atoms with Crippen LogP contribution in [0.5, 0.6) is 0 Å². The molecule has 1 heterocycles. The van der Waals surface area contributed by atoms with Crippen molar-refractivity contribution in [3.8, 4) is 0 Å². The van der Waals surface area contributed by atoms with Crippen LogP contribution in [-0.4, -0.2) is 34.0 Å². The van der Waals surface area contributed by atoms with E-state index in [0.29, 0.717) is 17.7 Å². The quantitative estimate of drug-likeness (QED) is 0.622. The molecule has 0 spiro atoms. The lowest BCUT2D eigenvalue weighted by Crippen LogP contribution is -2.22. The van der Waals surface area contributed by atoms with Crippen molar-refractivity contribution in [2.45, 2.75) is 45.1 Å². The van der Waals surface area contributed by atoms with E-state index in [1.165, 1.54) is 32.1 Å². The lowest BCUT2D eigenvalue weighted by Gasteiger charge is -2.22. The molecular weight excluding hydrogens is 272 g/mol. The van der Waals surface area contributed by atoms with Gasteiger partial charge in [0.25, 0.3) is 0 Å². The molecule has 0 amide bonds. The fourth-order valence-corrected chi connectivity index (χ4v) is 3.03. The number of aryl methyl sites for hydroxylation is 2. The lowest BCUT2D eigenvalue weighted by molar-refractivity contribution is 0.0347. The third-order valence-electron chi connectivity index (χ3n) is 3.77. The molecule has 6 heteroatoms. The maximum atomic E-state index is 5.90. The van der Waals surface area contributed by atoms with Crippen LogP contribution in [0.3, 0.4) is 0 Å². The highest BCUT2D eigenvalue weighted by Crippen LogP contribution is 2.21. The van der Waals surface area contributed by atoms with Crippen LogP contribution in [-0.2, 0) is 11.8 Å². The third-order valence-corrected chi connectivity index (χ3v) is 3.97. The molecule has 20 heavy (non-hydrogen) atoms. The number of thiocarbonyl (C=S) groups is 1. The van der Waals surface area contributed by atoms with E-state index in [4.69, 9.17) is 22.7 Å². The monoisotopic (exact) mass is 296 g/mol. The highest BCUT2D eigenvalue weighted by molar-refractivity contribution is 7.80. The van der Waals surface area contributed by atoms with Gasteiger partial charge in [0.05, 0.1) is 24.0 Å². The van der Waals surface area contributed by atoms with Crippen LogP contribution in [0.2, 0.25) is 0 Å². The number of anilines is 1. The van der Waals surface area contributed by atoms with E-state index in [1.54, 1.807) is 4.68 Å². The molecule has 0 aromatic carbocycles. The van der Waals surface area contributed by atoms with E-state index >= 15 is 0 Å². The van der Waals surface area contributed by atoms with E-state index in [1.807, 2.05) is 14.0 Å². The number of hydrogen-bond donors (Lipinski definition) is 2. The van der Waals surface area contributed by atoms with Gasteiger partial charge in [-0.25, -0.2) is 0 Å². The number of nitrogens with two attached hydrogens (primary N) is 1. The van der Waals surface area contributed by atoms with Gasteiger partial charge >= 0.3 is 0 Å². The molecule has 0 aliphatic heterocycles. The van der Waals surface area contributed by atoms with Gasteiger partial charge in [-0.3, -0.25) is 4.68 Å². The van der Waals surface area contributed by atoms with Gasteiger partial charge in [-0.15, -0.1) is 0 Å². The molecule has 0 atom stereocenters. The predicted molar refractivity (Wildman–Crippen MR) is 85.1 cm³/mol. The molecular formula is C14H24N4OS. The Labute approximate surface area is 125 Å². The summed E-state index contributed by atoms with van der Waals surface area (Å²) in [5.41, 5.74) is 7.45. The Morgan fingerprint density at radius 1 is 1.45 bits per heavy atom. The largest absolute Gasteiger partial charge is 0.389 e. The highest BCUT2D eigenvalue weighted by Gasteiger charge is 2.16. The Morgan fingerprint density at radius 3 is 2.80 bits per heavy atom. The zero-order valence-corrected chi connectivity index (χ0v) is 13.1. The Bertz CT molecular complexity index is 466. The molecule has 5 nitrogen and oxygen atoms in total. The Morgan fingerprint density at radius 2 is 2.15 bits per heavy atom. The van der Waals surface area contributed by atoms with Crippen molar-refractivity contribution in [1.82, 2.24) is 9.78 Å². The minimum atomic E-state index is 0.381. The molecule has 0 bridgehead atoms. The Balaban J connectivity index is 1.83. The Kier molecular flexibility index (Phi) is 5.37. The number of rotatable bonds is 6. The van der Waals surface area contributed by atoms with Crippen molar-refractivity contribution in [3.05, 3.63) is 11.3 Å². The smallest absolute Gasteiger partial charge is 0.134 e. The molecule has 1 aliphatic carbocycles. The maximum Gasteiger partial charge on any atom is 0.134 e. The normalized spacial score (nSPS) is 16.3. The van der Waals surface area contributed by atoms with Gasteiger partial charge < -0.3 is 15.8 Å². The van der Waals surface area contributed by atoms with Crippen LogP contribution in [0.4, 0.5) is 5.82 Å². The summed E-state index contributed by atoms with van der Waals surface area (Å²) in [5, 5.41) is 7.68. The third kappa shape index (κ3) is 3.70. The molecule has 0 unspecified atom stereocenters. The van der Waals surface area contributed by atoms with Gasteiger partial charge in [0.2, 0.25) is 0 Å². The van der Waals surface area contributed by atoms with Crippen LogP contribution < -0.4 is 11.1 Å². The predicted octanol–water partition coefficient (Wildman–Crippen LogP) is 2.12. The molecule has 0 radical (unpaired) electrons. The Hall–Kier alpha value is -1.14. The van der Waals surface area contributed by atoms with Gasteiger partial charge in [0.15, 0.2) is 0 Å². The van der Waals surface area contributed by atoms with E-state index in [9.17, 15) is 0 Å². The summed E-state index contributed by atoms with van der Waals surface area (Å²) in [4.78, 5) is 0.381. The zero-order chi connectivity index (χ0) is 14.5. The molecule has 2 rings (SSSR count). The van der Waals surface area contributed by atoms with Crippen molar-refractivity contribution < 1.29 is 4.74 Å². The van der Waals surface area contributed by atoms with Crippen LogP contribution in [0, 0.1) is 6.92 Å². The maximum absolute atomic E-state index is 5.90. The summed E-state index contributed by atoms with van der Waals surface area (Å²) in [7, 11) is 1.89. The number of nitrogens with one attached hydrogen (secondary N) is 1. The van der Waals surface area contributed by atoms with E-state index in [2.05, 4.69) is 10.4 Å². The fraction of sp³-hybridized carbons (Fsp3) is 0.714.